The summed E-state index contributed by atoms with van der Waals surface area (Å²) in [4.78, 5) is 52.3. The fourth-order valence-electron chi connectivity index (χ4n) is 6.29. The standard InChI is InChI=1S/C33H35ClF3N9O3/c34-26-19-21(18-25(28(26)38)33(35,36)37)20-27(30(47)44-16-14-43(15-17-44)23-6-10-39-11-7-23)40-31(48)45-12-8-24(9-13-45)46-32(49)41-29(42-46)22-4-2-1-3-5-22/h1-7,10-11,18-19,24,27H,8-9,12-17,20,38H2,(H,40,48)(H,41,42,49)/t27-/m1/s1. The Hall–Kier alpha value is -5.05. The lowest BCUT2D eigenvalue weighted by atomic mass is 10.0. The van der Waals surface area contributed by atoms with Crippen molar-refractivity contribution in [1.82, 2.24) is 34.9 Å². The van der Waals surface area contributed by atoms with Gasteiger partial charge in [0.05, 0.1) is 22.3 Å². The Bertz CT molecular complexity index is 1840. The van der Waals surface area contributed by atoms with Crippen molar-refractivity contribution in [1.29, 1.82) is 0 Å². The number of piperidine rings is 1. The summed E-state index contributed by atoms with van der Waals surface area (Å²) in [6, 6.07) is 13.2. The Labute approximate surface area is 284 Å². The molecule has 4 aromatic rings. The summed E-state index contributed by atoms with van der Waals surface area (Å²) in [5.41, 5.74) is 5.41. The van der Waals surface area contributed by atoms with Gasteiger partial charge in [-0.25, -0.2) is 14.3 Å². The average molecular weight is 698 g/mol. The first-order valence-corrected chi connectivity index (χ1v) is 16.2. The van der Waals surface area contributed by atoms with Crippen LogP contribution in [0.3, 0.4) is 0 Å². The molecular weight excluding hydrogens is 663 g/mol. The number of pyridine rings is 1. The minimum Gasteiger partial charge on any atom is -0.397 e. The molecule has 0 radical (unpaired) electrons. The van der Waals surface area contributed by atoms with Crippen molar-refractivity contribution in [2.45, 2.75) is 37.5 Å². The lowest BCUT2D eigenvalue weighted by molar-refractivity contribution is -0.137. The molecule has 12 nitrogen and oxygen atoms in total. The van der Waals surface area contributed by atoms with Gasteiger partial charge in [-0.15, -0.1) is 5.10 Å². The lowest BCUT2D eigenvalue weighted by Gasteiger charge is -2.38. The van der Waals surface area contributed by atoms with E-state index in [4.69, 9.17) is 17.3 Å². The van der Waals surface area contributed by atoms with Gasteiger partial charge < -0.3 is 25.8 Å². The van der Waals surface area contributed by atoms with Crippen LogP contribution in [-0.2, 0) is 17.4 Å². The molecule has 0 unspecified atom stereocenters. The number of nitrogens with two attached hydrogens (primary N) is 1. The molecule has 49 heavy (non-hydrogen) atoms. The first-order valence-electron chi connectivity index (χ1n) is 15.9. The van der Waals surface area contributed by atoms with Crippen molar-refractivity contribution < 1.29 is 22.8 Å². The van der Waals surface area contributed by atoms with Gasteiger partial charge in [-0.3, -0.25) is 14.8 Å². The molecule has 2 saturated heterocycles. The van der Waals surface area contributed by atoms with Crippen LogP contribution in [0.25, 0.3) is 11.4 Å². The minimum atomic E-state index is -4.77. The van der Waals surface area contributed by atoms with Gasteiger partial charge >= 0.3 is 17.9 Å². The number of hydrogen-bond donors (Lipinski definition) is 3. The third-order valence-corrected chi connectivity index (χ3v) is 9.25. The van der Waals surface area contributed by atoms with Crippen LogP contribution in [0.4, 0.5) is 29.3 Å². The van der Waals surface area contributed by atoms with Gasteiger partial charge in [0, 0.05) is 69.3 Å². The summed E-state index contributed by atoms with van der Waals surface area (Å²) >= 11 is 6.09. The van der Waals surface area contributed by atoms with Gasteiger partial charge in [0.1, 0.15) is 6.04 Å². The molecule has 3 amide bonds. The Morgan fingerprint density at radius 3 is 2.31 bits per heavy atom. The third-order valence-electron chi connectivity index (χ3n) is 8.94. The predicted molar refractivity (Wildman–Crippen MR) is 178 cm³/mol. The van der Waals surface area contributed by atoms with Crippen molar-refractivity contribution in [3.63, 3.8) is 0 Å². The van der Waals surface area contributed by atoms with Gasteiger partial charge in [-0.2, -0.15) is 13.2 Å². The first-order chi connectivity index (χ1) is 23.5. The maximum atomic E-state index is 13.9. The number of halogens is 4. The Kier molecular flexibility index (Phi) is 9.81. The number of nitrogens with zero attached hydrogens (tertiary/aromatic N) is 6. The topological polar surface area (TPSA) is 145 Å². The van der Waals surface area contributed by atoms with Crippen molar-refractivity contribution >= 4 is 34.9 Å². The number of likely N-dealkylation sites (tertiary alicyclic amines) is 1. The van der Waals surface area contributed by atoms with Crippen LogP contribution in [0.2, 0.25) is 5.02 Å². The SMILES string of the molecule is Nc1c(Cl)cc(C[C@@H](NC(=O)N2CCC(n3nc(-c4ccccc4)[nH]c3=O)CC2)C(=O)N2CCN(c3ccncc3)CC2)cc1C(F)(F)F. The van der Waals surface area contributed by atoms with E-state index in [-0.39, 0.29) is 41.8 Å². The van der Waals surface area contributed by atoms with Gasteiger partial charge in [-0.1, -0.05) is 41.9 Å². The lowest BCUT2D eigenvalue weighted by Crippen LogP contribution is -2.57. The molecule has 2 aromatic heterocycles. The molecule has 2 fully saturated rings. The minimum absolute atomic E-state index is 0.103. The maximum absolute atomic E-state index is 13.9. The molecule has 1 atom stereocenters. The number of hydrogen-bond acceptors (Lipinski definition) is 7. The number of piperazine rings is 1. The number of benzene rings is 2. The van der Waals surface area contributed by atoms with E-state index in [1.807, 2.05) is 42.5 Å². The molecule has 2 aliphatic heterocycles. The van der Waals surface area contributed by atoms with Crippen molar-refractivity contribution in [3.05, 3.63) is 93.6 Å². The van der Waals surface area contributed by atoms with Gasteiger partial charge in [0.2, 0.25) is 5.91 Å². The number of alkyl halides is 3. The maximum Gasteiger partial charge on any atom is 0.418 e. The van der Waals surface area contributed by atoms with Crippen molar-refractivity contribution in [2.75, 3.05) is 49.9 Å². The molecule has 258 valence electrons. The van der Waals surface area contributed by atoms with E-state index in [2.05, 4.69) is 25.3 Å². The molecule has 16 heteroatoms. The fourth-order valence-corrected chi connectivity index (χ4v) is 6.53. The molecule has 4 heterocycles. The second kappa shape index (κ2) is 14.2. The fraction of sp³-hybridized carbons (Fsp3) is 0.364. The molecule has 0 bridgehead atoms. The van der Waals surface area contributed by atoms with E-state index >= 15 is 0 Å². The van der Waals surface area contributed by atoms with Crippen LogP contribution in [0.15, 0.2) is 71.8 Å². The number of rotatable bonds is 7. The zero-order valence-electron chi connectivity index (χ0n) is 26.4. The van der Waals surface area contributed by atoms with Crippen molar-refractivity contribution in [2.24, 2.45) is 0 Å². The number of aromatic nitrogens is 4. The number of H-pyrrole nitrogens is 1. The van der Waals surface area contributed by atoms with Gasteiger partial charge in [-0.05, 0) is 42.7 Å². The molecular formula is C33H35ClF3N9O3. The third kappa shape index (κ3) is 7.66. The number of nitrogen functional groups attached to an aromatic ring is 1. The van der Waals surface area contributed by atoms with Crippen molar-refractivity contribution in [3.8, 4) is 11.4 Å². The second-order valence-electron chi connectivity index (χ2n) is 12.1. The molecule has 2 aliphatic rings. The number of carbonyl (C=O) groups is 2. The Morgan fingerprint density at radius 1 is 0.980 bits per heavy atom. The Balaban J connectivity index is 1.16. The predicted octanol–water partition coefficient (Wildman–Crippen LogP) is 4.19. The quantitative estimate of drug-likeness (QED) is 0.246. The highest BCUT2D eigenvalue weighted by Gasteiger charge is 2.36. The number of nitrogens with one attached hydrogen (secondary N) is 2. The largest absolute Gasteiger partial charge is 0.418 e. The molecule has 4 N–H and O–H groups in total. The summed E-state index contributed by atoms with van der Waals surface area (Å²) in [5.74, 6) is 0.0285. The molecule has 0 aliphatic carbocycles. The van der Waals surface area contributed by atoms with Crippen LogP contribution in [0, 0.1) is 0 Å². The number of amides is 3. The van der Waals surface area contributed by atoms with E-state index in [9.17, 15) is 27.6 Å². The zero-order chi connectivity index (χ0) is 34.7. The first kappa shape index (κ1) is 33.8. The van der Waals surface area contributed by atoms with E-state index < -0.39 is 35.4 Å². The zero-order valence-corrected chi connectivity index (χ0v) is 27.1. The van der Waals surface area contributed by atoms with E-state index in [1.54, 1.807) is 17.3 Å². The summed E-state index contributed by atoms with van der Waals surface area (Å²) in [6.07, 6.45) is -0.765. The average Bonchev–Trinajstić information content (AvgIpc) is 3.51. The number of anilines is 2. The van der Waals surface area contributed by atoms with Gasteiger partial charge in [0.15, 0.2) is 5.82 Å². The number of carbonyl (C=O) groups excluding carboxylic acids is 2. The molecule has 0 saturated carbocycles. The molecule has 2 aromatic carbocycles. The summed E-state index contributed by atoms with van der Waals surface area (Å²) < 4.78 is 42.7. The number of urea groups is 1. The van der Waals surface area contributed by atoms with Crippen LogP contribution < -0.4 is 21.6 Å². The summed E-state index contributed by atoms with van der Waals surface area (Å²) in [6.45, 7) is 2.28. The highest BCUT2D eigenvalue weighted by atomic mass is 35.5. The Morgan fingerprint density at radius 2 is 1.65 bits per heavy atom. The highest BCUT2D eigenvalue weighted by Crippen LogP contribution is 2.38. The second-order valence-corrected chi connectivity index (χ2v) is 12.5. The molecule has 0 spiro atoms. The summed E-state index contributed by atoms with van der Waals surface area (Å²) in [5, 5.41) is 6.97. The van der Waals surface area contributed by atoms with Gasteiger partial charge in [0.25, 0.3) is 0 Å². The van der Waals surface area contributed by atoms with E-state index in [0.29, 0.717) is 44.8 Å². The van der Waals surface area contributed by atoms with Crippen LogP contribution in [-0.4, -0.2) is 86.8 Å². The monoisotopic (exact) mass is 697 g/mol. The highest BCUT2D eigenvalue weighted by molar-refractivity contribution is 6.33. The van der Waals surface area contributed by atoms with Crippen LogP contribution in [0.5, 0.6) is 0 Å². The number of aromatic amines is 1. The van der Waals surface area contributed by atoms with Crippen LogP contribution >= 0.6 is 11.6 Å². The summed E-state index contributed by atoms with van der Waals surface area (Å²) in [7, 11) is 0. The molecule has 6 rings (SSSR count). The van der Waals surface area contributed by atoms with E-state index in [1.165, 1.54) is 15.6 Å². The normalized spacial score (nSPS) is 16.4. The smallest absolute Gasteiger partial charge is 0.397 e. The van der Waals surface area contributed by atoms with E-state index in [0.717, 1.165) is 17.3 Å². The van der Waals surface area contributed by atoms with Crippen LogP contribution in [0.1, 0.15) is 30.0 Å².